The van der Waals surface area contributed by atoms with Crippen molar-refractivity contribution in [2.24, 2.45) is 0 Å². The summed E-state index contributed by atoms with van der Waals surface area (Å²) >= 11 is 10.3. The van der Waals surface area contributed by atoms with Crippen molar-refractivity contribution < 1.29 is 33.3 Å². The second-order valence-electron chi connectivity index (χ2n) is 7.76. The Morgan fingerprint density at radius 3 is 2.45 bits per heavy atom. The molecule has 1 heterocycles. The summed E-state index contributed by atoms with van der Waals surface area (Å²) in [7, 11) is 2.97. The molecular weight excluding hydrogens is 598 g/mol. The zero-order valence-corrected chi connectivity index (χ0v) is 23.4. The van der Waals surface area contributed by atoms with Crippen LogP contribution in [0.2, 0.25) is 5.02 Å². The highest BCUT2D eigenvalue weighted by atomic mass is 79.9. The predicted octanol–water partition coefficient (Wildman–Crippen LogP) is 6.45. The Hall–Kier alpha value is -3.47. The fraction of sp³-hybridized carbons (Fsp3) is 0.148. The van der Waals surface area contributed by atoms with E-state index < -0.39 is 17.1 Å². The van der Waals surface area contributed by atoms with Gasteiger partial charge in [0.25, 0.3) is 11.1 Å². The van der Waals surface area contributed by atoms with Crippen LogP contribution in [0, 0.1) is 0 Å². The lowest BCUT2D eigenvalue weighted by Gasteiger charge is -2.14. The normalized spacial score (nSPS) is 14.1. The number of benzene rings is 3. The molecule has 0 bridgehead atoms. The highest BCUT2D eigenvalue weighted by molar-refractivity contribution is 9.10. The number of hydrogen-bond acceptors (Lipinski definition) is 8. The second kappa shape index (κ2) is 12.4. The Labute approximate surface area is 236 Å². The SMILES string of the molecule is COc1ccc(C(=O)Oc2c(Br)cc(/C=C3\SC(=O)N(CCOc4ccccc4Cl)C3=O)cc2OC)cc1. The van der Waals surface area contributed by atoms with Crippen molar-refractivity contribution in [1.82, 2.24) is 4.90 Å². The number of amides is 2. The highest BCUT2D eigenvalue weighted by Gasteiger charge is 2.35. The molecule has 0 unspecified atom stereocenters. The third kappa shape index (κ3) is 6.32. The van der Waals surface area contributed by atoms with Gasteiger partial charge < -0.3 is 18.9 Å². The van der Waals surface area contributed by atoms with Crippen LogP contribution in [0.25, 0.3) is 6.08 Å². The van der Waals surface area contributed by atoms with Gasteiger partial charge in [0.15, 0.2) is 11.5 Å². The largest absolute Gasteiger partial charge is 0.497 e. The third-order valence-electron chi connectivity index (χ3n) is 5.35. The molecule has 1 aliphatic heterocycles. The second-order valence-corrected chi connectivity index (χ2v) is 10.0. The Morgan fingerprint density at radius 1 is 1.03 bits per heavy atom. The van der Waals surface area contributed by atoms with Crippen LogP contribution in [0.1, 0.15) is 15.9 Å². The molecular formula is C27H21BrClNO7S. The van der Waals surface area contributed by atoms with Gasteiger partial charge in [-0.25, -0.2) is 4.79 Å². The lowest BCUT2D eigenvalue weighted by atomic mass is 10.1. The van der Waals surface area contributed by atoms with Crippen molar-refractivity contribution in [2.75, 3.05) is 27.4 Å². The van der Waals surface area contributed by atoms with Gasteiger partial charge in [-0.1, -0.05) is 23.7 Å². The zero-order chi connectivity index (χ0) is 27.2. The summed E-state index contributed by atoms with van der Waals surface area (Å²) in [5.74, 6) is 0.506. The van der Waals surface area contributed by atoms with E-state index in [0.29, 0.717) is 32.1 Å². The molecule has 38 heavy (non-hydrogen) atoms. The van der Waals surface area contributed by atoms with Crippen LogP contribution in [0.15, 0.2) is 70.0 Å². The molecule has 0 N–H and O–H groups in total. The van der Waals surface area contributed by atoms with Gasteiger partial charge in [-0.2, -0.15) is 0 Å². The maximum Gasteiger partial charge on any atom is 0.343 e. The molecule has 0 spiro atoms. The maximum atomic E-state index is 12.9. The molecule has 11 heteroatoms. The first-order valence-electron chi connectivity index (χ1n) is 11.2. The fourth-order valence-electron chi connectivity index (χ4n) is 3.45. The van der Waals surface area contributed by atoms with Crippen molar-refractivity contribution >= 4 is 62.5 Å². The summed E-state index contributed by atoms with van der Waals surface area (Å²) in [4.78, 5) is 39.4. The number of methoxy groups -OCH3 is 2. The van der Waals surface area contributed by atoms with E-state index in [2.05, 4.69) is 15.9 Å². The van der Waals surface area contributed by atoms with E-state index in [1.54, 1.807) is 66.7 Å². The quantitative estimate of drug-likeness (QED) is 0.153. The Balaban J connectivity index is 1.46. The smallest absolute Gasteiger partial charge is 0.343 e. The lowest BCUT2D eigenvalue weighted by molar-refractivity contribution is -0.123. The predicted molar refractivity (Wildman–Crippen MR) is 148 cm³/mol. The number of rotatable bonds is 9. The van der Waals surface area contributed by atoms with E-state index in [-0.39, 0.29) is 29.6 Å². The van der Waals surface area contributed by atoms with Gasteiger partial charge in [0.1, 0.15) is 18.1 Å². The summed E-state index contributed by atoms with van der Waals surface area (Å²) in [6.45, 7) is 0.170. The molecule has 0 atom stereocenters. The molecule has 1 fully saturated rings. The molecule has 0 aliphatic carbocycles. The fourth-order valence-corrected chi connectivity index (χ4v) is 5.05. The minimum Gasteiger partial charge on any atom is -0.497 e. The molecule has 3 aromatic rings. The minimum atomic E-state index is -0.584. The summed E-state index contributed by atoms with van der Waals surface area (Å²) in [6.07, 6.45) is 1.57. The number of esters is 1. The summed E-state index contributed by atoms with van der Waals surface area (Å²) in [5, 5.41) is 0.0410. The summed E-state index contributed by atoms with van der Waals surface area (Å²) in [5.41, 5.74) is 0.895. The van der Waals surface area contributed by atoms with E-state index in [1.807, 2.05) is 0 Å². The van der Waals surface area contributed by atoms with Gasteiger partial charge in [-0.05, 0) is 87.9 Å². The van der Waals surface area contributed by atoms with Crippen LogP contribution in [-0.4, -0.2) is 49.4 Å². The van der Waals surface area contributed by atoms with E-state index in [9.17, 15) is 14.4 Å². The van der Waals surface area contributed by atoms with Crippen LogP contribution >= 0.6 is 39.3 Å². The van der Waals surface area contributed by atoms with Crippen molar-refractivity contribution in [3.8, 4) is 23.0 Å². The topological polar surface area (TPSA) is 91.4 Å². The van der Waals surface area contributed by atoms with Crippen LogP contribution in [-0.2, 0) is 4.79 Å². The molecule has 2 amide bonds. The summed E-state index contributed by atoms with van der Waals surface area (Å²) < 4.78 is 22.1. The minimum absolute atomic E-state index is 0.0699. The van der Waals surface area contributed by atoms with Crippen molar-refractivity contribution in [2.45, 2.75) is 0 Å². The lowest BCUT2D eigenvalue weighted by Crippen LogP contribution is -2.32. The van der Waals surface area contributed by atoms with Crippen LogP contribution in [0.3, 0.4) is 0 Å². The van der Waals surface area contributed by atoms with Gasteiger partial charge in [-0.15, -0.1) is 0 Å². The number of nitrogens with zero attached hydrogens (tertiary/aromatic N) is 1. The molecule has 1 saturated heterocycles. The van der Waals surface area contributed by atoms with Gasteiger partial charge >= 0.3 is 5.97 Å². The third-order valence-corrected chi connectivity index (χ3v) is 7.16. The number of carbonyl (C=O) groups excluding carboxylic acids is 3. The number of para-hydroxylation sites is 1. The molecule has 8 nitrogen and oxygen atoms in total. The number of ether oxygens (including phenoxy) is 4. The molecule has 0 saturated carbocycles. The molecule has 0 aromatic heterocycles. The van der Waals surface area contributed by atoms with Gasteiger partial charge in [0.2, 0.25) is 0 Å². The Bertz CT molecular complexity index is 1410. The maximum absolute atomic E-state index is 12.9. The van der Waals surface area contributed by atoms with E-state index in [0.717, 1.165) is 16.7 Å². The van der Waals surface area contributed by atoms with Crippen LogP contribution in [0.5, 0.6) is 23.0 Å². The van der Waals surface area contributed by atoms with Gasteiger partial charge in [0, 0.05) is 0 Å². The number of carbonyl (C=O) groups is 3. The summed E-state index contributed by atoms with van der Waals surface area (Å²) in [6, 6.07) is 16.7. The van der Waals surface area contributed by atoms with Crippen LogP contribution in [0.4, 0.5) is 4.79 Å². The number of imide groups is 1. The monoisotopic (exact) mass is 617 g/mol. The molecule has 4 rings (SSSR count). The zero-order valence-electron chi connectivity index (χ0n) is 20.2. The first kappa shape index (κ1) is 27.6. The van der Waals surface area contributed by atoms with Gasteiger partial charge in [-0.3, -0.25) is 14.5 Å². The van der Waals surface area contributed by atoms with Crippen molar-refractivity contribution in [3.63, 3.8) is 0 Å². The number of halogens is 2. The van der Waals surface area contributed by atoms with E-state index in [4.69, 9.17) is 30.5 Å². The Kier molecular flexibility index (Phi) is 8.98. The molecule has 196 valence electrons. The molecule has 1 aliphatic rings. The number of hydrogen-bond donors (Lipinski definition) is 0. The highest BCUT2D eigenvalue weighted by Crippen LogP contribution is 2.39. The molecule has 3 aromatic carbocycles. The van der Waals surface area contributed by atoms with Crippen molar-refractivity contribution in [3.05, 3.63) is 86.2 Å². The first-order chi connectivity index (χ1) is 18.3. The Morgan fingerprint density at radius 2 is 1.76 bits per heavy atom. The van der Waals surface area contributed by atoms with E-state index >= 15 is 0 Å². The number of thioether (sulfide) groups is 1. The van der Waals surface area contributed by atoms with E-state index in [1.165, 1.54) is 14.2 Å². The average molecular weight is 619 g/mol. The molecule has 0 radical (unpaired) electrons. The standard InChI is InChI=1S/C27H21BrClNO7S/c1-34-18-9-7-17(8-10-18)26(32)37-24-19(28)13-16(14-22(24)35-2)15-23-25(31)30(27(33)38-23)11-12-36-21-6-4-3-5-20(21)29/h3-10,13-15H,11-12H2,1-2H3/b23-15-. The van der Waals surface area contributed by atoms with Crippen LogP contribution < -0.4 is 18.9 Å². The first-order valence-corrected chi connectivity index (χ1v) is 13.2. The average Bonchev–Trinajstić information content (AvgIpc) is 3.18. The van der Waals surface area contributed by atoms with Gasteiger partial charge in [0.05, 0.1) is 40.7 Å². The van der Waals surface area contributed by atoms with Crippen molar-refractivity contribution in [1.29, 1.82) is 0 Å².